The number of nitrogens with one attached hydrogen (secondary N) is 2. The minimum absolute atomic E-state index is 0.206. The van der Waals surface area contributed by atoms with Gasteiger partial charge in [-0.3, -0.25) is 0 Å². The number of hydrogen-bond donors (Lipinski definition) is 2. The Morgan fingerprint density at radius 1 is 1.32 bits per heavy atom. The maximum Gasteiger partial charge on any atom is 0.319 e. The third-order valence-corrected chi connectivity index (χ3v) is 3.63. The maximum atomic E-state index is 13.7. The quantitative estimate of drug-likeness (QED) is 0.791. The molecule has 2 amide bonds. The molecule has 0 saturated heterocycles. The van der Waals surface area contributed by atoms with E-state index in [0.717, 1.165) is 17.7 Å². The molecular weight excluding hydrogens is 356 g/mol. The fourth-order valence-electron chi connectivity index (χ4n) is 1.93. The van der Waals surface area contributed by atoms with Crippen molar-refractivity contribution in [2.45, 2.75) is 19.9 Å². The van der Waals surface area contributed by atoms with Gasteiger partial charge in [-0.2, -0.15) is 0 Å². The molecule has 0 fully saturated rings. The number of nitrogens with zero attached hydrogens (tertiary/aromatic N) is 1. The van der Waals surface area contributed by atoms with Gasteiger partial charge in [0, 0.05) is 17.8 Å². The SMILES string of the molecule is Cc1cnc(Br)c(NC(=O)N[C@@H](C)c2ccc(F)cc2F)c1. The highest BCUT2D eigenvalue weighted by Gasteiger charge is 2.15. The van der Waals surface area contributed by atoms with Crippen LogP contribution in [0.15, 0.2) is 35.1 Å². The van der Waals surface area contributed by atoms with E-state index in [0.29, 0.717) is 10.3 Å². The van der Waals surface area contributed by atoms with Crippen molar-refractivity contribution in [3.05, 3.63) is 57.8 Å². The molecule has 1 aromatic carbocycles. The van der Waals surface area contributed by atoms with Gasteiger partial charge in [-0.1, -0.05) is 6.07 Å². The van der Waals surface area contributed by atoms with Gasteiger partial charge in [-0.15, -0.1) is 0 Å². The van der Waals surface area contributed by atoms with E-state index in [1.807, 2.05) is 6.92 Å². The molecule has 1 heterocycles. The molecule has 1 aromatic heterocycles. The predicted octanol–water partition coefficient (Wildman–Crippen LogP) is 4.31. The van der Waals surface area contributed by atoms with E-state index in [1.165, 1.54) is 6.07 Å². The number of aryl methyl sites for hydroxylation is 1. The Hall–Kier alpha value is -2.02. The van der Waals surface area contributed by atoms with Crippen LogP contribution in [0.1, 0.15) is 24.1 Å². The second-order valence-corrected chi connectivity index (χ2v) is 5.59. The van der Waals surface area contributed by atoms with Crippen LogP contribution in [0.2, 0.25) is 0 Å². The zero-order chi connectivity index (χ0) is 16.3. The number of anilines is 1. The van der Waals surface area contributed by atoms with E-state index in [-0.39, 0.29) is 5.56 Å². The maximum absolute atomic E-state index is 13.7. The lowest BCUT2D eigenvalue weighted by Crippen LogP contribution is -2.31. The molecule has 0 radical (unpaired) electrons. The molecular formula is C15H14BrF2N3O. The summed E-state index contributed by atoms with van der Waals surface area (Å²) < 4.78 is 27.1. The van der Waals surface area contributed by atoms with Crippen LogP contribution in [-0.2, 0) is 0 Å². The minimum atomic E-state index is -0.703. The van der Waals surface area contributed by atoms with Crippen molar-refractivity contribution < 1.29 is 13.6 Å². The molecule has 7 heteroatoms. The Kier molecular flexibility index (Phi) is 5.07. The first-order valence-electron chi connectivity index (χ1n) is 6.51. The number of urea groups is 1. The lowest BCUT2D eigenvalue weighted by molar-refractivity contribution is 0.249. The number of carbonyl (C=O) groups excluding carboxylic acids is 1. The number of hydrogen-bond acceptors (Lipinski definition) is 2. The van der Waals surface area contributed by atoms with Gasteiger partial charge in [0.05, 0.1) is 11.7 Å². The van der Waals surface area contributed by atoms with Gasteiger partial charge in [0.2, 0.25) is 0 Å². The number of amides is 2. The van der Waals surface area contributed by atoms with Crippen LogP contribution in [0, 0.1) is 18.6 Å². The molecule has 2 aromatic rings. The van der Waals surface area contributed by atoms with Crippen LogP contribution in [0.5, 0.6) is 0 Å². The van der Waals surface area contributed by atoms with Gasteiger partial charge in [-0.25, -0.2) is 18.6 Å². The topological polar surface area (TPSA) is 54.0 Å². The summed E-state index contributed by atoms with van der Waals surface area (Å²) in [5.41, 5.74) is 1.60. The molecule has 0 bridgehead atoms. The van der Waals surface area contributed by atoms with Crippen LogP contribution < -0.4 is 10.6 Å². The molecule has 4 nitrogen and oxygen atoms in total. The van der Waals surface area contributed by atoms with Crippen LogP contribution in [0.3, 0.4) is 0 Å². The summed E-state index contributed by atoms with van der Waals surface area (Å²) in [6, 6.07) is 3.86. The van der Waals surface area contributed by atoms with E-state index >= 15 is 0 Å². The molecule has 2 N–H and O–H groups in total. The van der Waals surface area contributed by atoms with Crippen LogP contribution >= 0.6 is 15.9 Å². The number of halogens is 3. The molecule has 0 saturated carbocycles. The Morgan fingerprint density at radius 3 is 2.73 bits per heavy atom. The summed E-state index contributed by atoms with van der Waals surface area (Å²) in [7, 11) is 0. The first-order valence-corrected chi connectivity index (χ1v) is 7.30. The third-order valence-electron chi connectivity index (χ3n) is 3.00. The van der Waals surface area contributed by atoms with E-state index in [2.05, 4.69) is 31.5 Å². The molecule has 22 heavy (non-hydrogen) atoms. The highest BCUT2D eigenvalue weighted by Crippen LogP contribution is 2.21. The summed E-state index contributed by atoms with van der Waals surface area (Å²) in [4.78, 5) is 16.0. The second-order valence-electron chi connectivity index (χ2n) is 4.84. The van der Waals surface area contributed by atoms with Gasteiger partial charge >= 0.3 is 6.03 Å². The smallest absolute Gasteiger partial charge is 0.319 e. The monoisotopic (exact) mass is 369 g/mol. The molecule has 116 valence electrons. The summed E-state index contributed by atoms with van der Waals surface area (Å²) in [6.07, 6.45) is 1.66. The fraction of sp³-hybridized carbons (Fsp3) is 0.200. The summed E-state index contributed by atoms with van der Waals surface area (Å²) >= 11 is 3.23. The van der Waals surface area contributed by atoms with Gasteiger partial charge in [0.25, 0.3) is 0 Å². The highest BCUT2D eigenvalue weighted by molar-refractivity contribution is 9.10. The molecule has 0 spiro atoms. The zero-order valence-electron chi connectivity index (χ0n) is 12.0. The minimum Gasteiger partial charge on any atom is -0.331 e. The fourth-order valence-corrected chi connectivity index (χ4v) is 2.24. The Labute approximate surface area is 135 Å². The third kappa shape index (κ3) is 4.00. The molecule has 0 aliphatic carbocycles. The standard InChI is InChI=1S/C15H14BrF2N3O/c1-8-5-13(14(16)19-7-8)21-15(22)20-9(2)11-4-3-10(17)6-12(11)18/h3-7,9H,1-2H3,(H2,20,21,22)/t9-/m0/s1. The van der Waals surface area contributed by atoms with E-state index in [4.69, 9.17) is 0 Å². The molecule has 0 unspecified atom stereocenters. The van der Waals surface area contributed by atoms with Gasteiger partial charge in [-0.05, 0) is 47.5 Å². The molecule has 1 atom stereocenters. The van der Waals surface area contributed by atoms with E-state index < -0.39 is 23.7 Å². The van der Waals surface area contributed by atoms with Crippen molar-refractivity contribution in [2.24, 2.45) is 0 Å². The number of carbonyl (C=O) groups is 1. The lowest BCUT2D eigenvalue weighted by Gasteiger charge is -2.16. The van der Waals surface area contributed by atoms with Gasteiger partial charge in [0.15, 0.2) is 0 Å². The van der Waals surface area contributed by atoms with Gasteiger partial charge < -0.3 is 10.6 Å². The number of benzene rings is 1. The summed E-state index contributed by atoms with van der Waals surface area (Å²) in [5, 5.41) is 5.22. The van der Waals surface area contributed by atoms with Crippen molar-refractivity contribution in [3.63, 3.8) is 0 Å². The Morgan fingerprint density at radius 2 is 2.05 bits per heavy atom. The second kappa shape index (κ2) is 6.83. The van der Waals surface area contributed by atoms with E-state index in [1.54, 1.807) is 19.2 Å². The largest absolute Gasteiger partial charge is 0.331 e. The van der Waals surface area contributed by atoms with Crippen molar-refractivity contribution in [2.75, 3.05) is 5.32 Å². The Bertz CT molecular complexity index is 709. The van der Waals surface area contributed by atoms with Crippen LogP contribution in [0.4, 0.5) is 19.3 Å². The van der Waals surface area contributed by atoms with E-state index in [9.17, 15) is 13.6 Å². The molecule has 0 aliphatic heterocycles. The molecule has 2 rings (SSSR count). The van der Waals surface area contributed by atoms with Crippen molar-refractivity contribution >= 4 is 27.6 Å². The summed E-state index contributed by atoms with van der Waals surface area (Å²) in [6.45, 7) is 3.46. The van der Waals surface area contributed by atoms with Crippen molar-refractivity contribution in [1.29, 1.82) is 0 Å². The normalized spacial score (nSPS) is 11.9. The van der Waals surface area contributed by atoms with Crippen molar-refractivity contribution in [3.8, 4) is 0 Å². The molecule has 0 aliphatic rings. The van der Waals surface area contributed by atoms with Crippen LogP contribution in [0.25, 0.3) is 0 Å². The Balaban J connectivity index is 2.06. The predicted molar refractivity (Wildman–Crippen MR) is 83.6 cm³/mol. The average molecular weight is 370 g/mol. The highest BCUT2D eigenvalue weighted by atomic mass is 79.9. The first-order chi connectivity index (χ1) is 10.4. The lowest BCUT2D eigenvalue weighted by atomic mass is 10.1. The van der Waals surface area contributed by atoms with Crippen LogP contribution in [-0.4, -0.2) is 11.0 Å². The number of aromatic nitrogens is 1. The number of rotatable bonds is 3. The average Bonchev–Trinajstić information content (AvgIpc) is 2.42. The zero-order valence-corrected chi connectivity index (χ0v) is 13.5. The summed E-state index contributed by atoms with van der Waals surface area (Å²) in [5.74, 6) is -1.36. The first kappa shape index (κ1) is 16.4. The van der Waals surface area contributed by atoms with Crippen molar-refractivity contribution in [1.82, 2.24) is 10.3 Å². The van der Waals surface area contributed by atoms with Gasteiger partial charge in [0.1, 0.15) is 16.2 Å². The number of pyridine rings is 1.